The van der Waals surface area contributed by atoms with E-state index in [9.17, 15) is 22.0 Å². The van der Waals surface area contributed by atoms with E-state index in [1.54, 1.807) is 12.1 Å². The molecule has 4 rings (SSSR count). The fourth-order valence-corrected chi connectivity index (χ4v) is 5.15. The largest absolute Gasteiger partial charge is 0.318 e. The highest BCUT2D eigenvalue weighted by molar-refractivity contribution is 7.89. The molecule has 31 heavy (non-hydrogen) atoms. The minimum absolute atomic E-state index is 0.0328. The molecule has 0 unspecified atom stereocenters. The minimum Gasteiger partial charge on any atom is -0.318 e. The number of amides is 1. The summed E-state index contributed by atoms with van der Waals surface area (Å²) in [6, 6.07) is 12.7. The van der Waals surface area contributed by atoms with Gasteiger partial charge < -0.3 is 5.32 Å². The zero-order valence-electron chi connectivity index (χ0n) is 16.4. The van der Waals surface area contributed by atoms with Crippen LogP contribution < -0.4 is 5.32 Å². The summed E-state index contributed by atoms with van der Waals surface area (Å²) >= 11 is 0. The first-order chi connectivity index (χ1) is 14.9. The fraction of sp³-hybridized carbons (Fsp3) is 0.238. The predicted molar refractivity (Wildman–Crippen MR) is 110 cm³/mol. The van der Waals surface area contributed by atoms with Crippen LogP contribution in [0.3, 0.4) is 0 Å². The summed E-state index contributed by atoms with van der Waals surface area (Å²) in [5.74, 6) is -1.90. The number of rotatable bonds is 5. The first kappa shape index (κ1) is 21.1. The lowest BCUT2D eigenvalue weighted by atomic mass is 9.94. The number of halogens is 2. The summed E-state index contributed by atoms with van der Waals surface area (Å²) in [6.45, 7) is 0.439. The van der Waals surface area contributed by atoms with Crippen LogP contribution in [0, 0.1) is 11.6 Å². The van der Waals surface area contributed by atoms with E-state index >= 15 is 0 Å². The van der Waals surface area contributed by atoms with Crippen LogP contribution in [0.2, 0.25) is 0 Å². The van der Waals surface area contributed by atoms with Crippen molar-refractivity contribution in [3.8, 4) is 0 Å². The van der Waals surface area contributed by atoms with Crippen molar-refractivity contribution >= 4 is 21.6 Å². The molecular weight excluding hydrogens is 426 g/mol. The molecule has 0 bridgehead atoms. The number of hydrogen-bond acceptors (Lipinski definition) is 4. The predicted octanol–water partition coefficient (Wildman–Crippen LogP) is 3.51. The highest BCUT2D eigenvalue weighted by Gasteiger charge is 2.32. The van der Waals surface area contributed by atoms with Crippen molar-refractivity contribution in [1.82, 2.24) is 14.5 Å². The molecule has 1 amide bonds. The van der Waals surface area contributed by atoms with Gasteiger partial charge in [-0.3, -0.25) is 9.89 Å². The first-order valence-electron chi connectivity index (χ1n) is 9.72. The summed E-state index contributed by atoms with van der Waals surface area (Å²) in [5.41, 5.74) is 0.866. The van der Waals surface area contributed by atoms with Crippen molar-refractivity contribution in [2.24, 2.45) is 0 Å². The molecule has 2 N–H and O–H groups in total. The Kier molecular flexibility index (Phi) is 5.84. The third-order valence-corrected chi connectivity index (χ3v) is 7.23. The van der Waals surface area contributed by atoms with Gasteiger partial charge in [-0.1, -0.05) is 24.3 Å². The summed E-state index contributed by atoms with van der Waals surface area (Å²) in [5, 5.41) is 9.30. The fourth-order valence-electron chi connectivity index (χ4n) is 3.61. The number of piperidine rings is 1. The van der Waals surface area contributed by atoms with Crippen molar-refractivity contribution in [1.29, 1.82) is 0 Å². The van der Waals surface area contributed by atoms with Gasteiger partial charge in [0.15, 0.2) is 5.69 Å². The van der Waals surface area contributed by atoms with E-state index in [1.807, 2.05) is 0 Å². The lowest BCUT2D eigenvalue weighted by Gasteiger charge is -2.30. The molecule has 1 aromatic heterocycles. The number of nitrogens with one attached hydrogen (secondary N) is 2. The maximum Gasteiger partial charge on any atom is 0.276 e. The highest BCUT2D eigenvalue weighted by atomic mass is 32.2. The Morgan fingerprint density at radius 1 is 1.03 bits per heavy atom. The molecule has 7 nitrogen and oxygen atoms in total. The lowest BCUT2D eigenvalue weighted by Crippen LogP contribution is -2.38. The van der Waals surface area contributed by atoms with Crippen LogP contribution >= 0.6 is 0 Å². The summed E-state index contributed by atoms with van der Waals surface area (Å²) in [6.07, 6.45) is 0.981. The molecule has 1 saturated heterocycles. The number of carbonyl (C=O) groups is 1. The van der Waals surface area contributed by atoms with Crippen LogP contribution in [0.25, 0.3) is 0 Å². The number of aromatic nitrogens is 2. The topological polar surface area (TPSA) is 95.2 Å². The van der Waals surface area contributed by atoms with Crippen LogP contribution in [-0.2, 0) is 10.0 Å². The summed E-state index contributed by atoms with van der Waals surface area (Å²) in [7, 11) is -3.91. The second-order valence-corrected chi connectivity index (χ2v) is 9.16. The molecule has 2 aromatic carbocycles. The van der Waals surface area contributed by atoms with Crippen molar-refractivity contribution in [2.45, 2.75) is 23.7 Å². The number of carbonyl (C=O) groups excluding carboxylic acids is 1. The van der Waals surface area contributed by atoms with Gasteiger partial charge in [0.05, 0.1) is 5.69 Å². The second-order valence-electron chi connectivity index (χ2n) is 7.25. The molecular formula is C21H20F2N4O3S. The molecule has 1 aliphatic heterocycles. The zero-order valence-corrected chi connectivity index (χ0v) is 17.2. The average molecular weight is 446 g/mol. The molecule has 2 heterocycles. The van der Waals surface area contributed by atoms with E-state index < -0.39 is 27.6 Å². The number of H-pyrrole nitrogens is 1. The van der Waals surface area contributed by atoms with E-state index in [0.717, 1.165) is 6.07 Å². The van der Waals surface area contributed by atoms with Crippen LogP contribution in [0.1, 0.15) is 34.9 Å². The summed E-state index contributed by atoms with van der Waals surface area (Å²) < 4.78 is 54.4. The molecule has 0 spiro atoms. The van der Waals surface area contributed by atoms with Crippen LogP contribution in [0.4, 0.5) is 14.5 Å². The molecule has 0 aliphatic carbocycles. The van der Waals surface area contributed by atoms with E-state index in [1.165, 1.54) is 40.7 Å². The number of hydrogen-bond donors (Lipinski definition) is 2. The zero-order chi connectivity index (χ0) is 22.0. The number of anilines is 1. The number of para-hydroxylation sites is 1. The van der Waals surface area contributed by atoms with Gasteiger partial charge in [-0.25, -0.2) is 17.2 Å². The van der Waals surface area contributed by atoms with Crippen LogP contribution in [0.15, 0.2) is 59.5 Å². The molecule has 0 saturated carbocycles. The van der Waals surface area contributed by atoms with Gasteiger partial charge >= 0.3 is 0 Å². The Hall–Kier alpha value is -3.11. The van der Waals surface area contributed by atoms with Crippen molar-refractivity contribution in [3.05, 3.63) is 77.6 Å². The standard InChI is InChI=1S/C21H20F2N4O3S/c22-15-5-1-3-7-17(15)24-21(28)19-13-18(25-26-19)14-9-11-27(12-10-14)31(29,30)20-8-4-2-6-16(20)23/h1-8,13-14H,9-12H2,(H,24,28)(H,25,26). The Morgan fingerprint density at radius 2 is 1.68 bits per heavy atom. The van der Waals surface area contributed by atoms with E-state index in [0.29, 0.717) is 18.5 Å². The first-order valence-corrected chi connectivity index (χ1v) is 11.2. The lowest BCUT2D eigenvalue weighted by molar-refractivity contribution is 0.102. The molecule has 1 fully saturated rings. The van der Waals surface area contributed by atoms with Gasteiger partial charge in [-0.05, 0) is 43.2 Å². The minimum atomic E-state index is -3.91. The van der Waals surface area contributed by atoms with Gasteiger partial charge in [0.2, 0.25) is 10.0 Å². The number of nitrogens with zero attached hydrogens (tertiary/aromatic N) is 2. The van der Waals surface area contributed by atoms with Crippen molar-refractivity contribution < 1.29 is 22.0 Å². The third kappa shape index (κ3) is 4.35. The Balaban J connectivity index is 1.41. The van der Waals surface area contributed by atoms with E-state index in [2.05, 4.69) is 15.5 Å². The molecule has 3 aromatic rings. The maximum atomic E-state index is 14.0. The molecule has 1 aliphatic rings. The molecule has 162 valence electrons. The summed E-state index contributed by atoms with van der Waals surface area (Å²) in [4.78, 5) is 12.0. The highest BCUT2D eigenvalue weighted by Crippen LogP contribution is 2.30. The Morgan fingerprint density at radius 3 is 2.35 bits per heavy atom. The molecule has 0 radical (unpaired) electrons. The third-order valence-electron chi connectivity index (χ3n) is 5.30. The Labute approximate surface area is 178 Å². The van der Waals surface area contributed by atoms with E-state index in [4.69, 9.17) is 0 Å². The van der Waals surface area contributed by atoms with Crippen molar-refractivity contribution in [3.63, 3.8) is 0 Å². The van der Waals surface area contributed by atoms with Crippen molar-refractivity contribution in [2.75, 3.05) is 18.4 Å². The quantitative estimate of drug-likeness (QED) is 0.627. The van der Waals surface area contributed by atoms with Crippen LogP contribution in [0.5, 0.6) is 0 Å². The van der Waals surface area contributed by atoms with E-state index in [-0.39, 0.29) is 35.3 Å². The molecule has 10 heteroatoms. The SMILES string of the molecule is O=C(Nc1ccccc1F)c1cc(C2CCN(S(=O)(=O)c3ccccc3F)CC2)[nH]n1. The van der Waals surface area contributed by atoms with Gasteiger partial charge in [-0.2, -0.15) is 9.40 Å². The monoisotopic (exact) mass is 446 g/mol. The maximum absolute atomic E-state index is 14.0. The Bertz CT molecular complexity index is 1200. The van der Waals surface area contributed by atoms with Gasteiger partial charge in [-0.15, -0.1) is 0 Å². The van der Waals surface area contributed by atoms with Gasteiger partial charge in [0, 0.05) is 24.7 Å². The number of aromatic amines is 1. The van der Waals surface area contributed by atoms with Gasteiger partial charge in [0.25, 0.3) is 5.91 Å². The molecule has 0 atom stereocenters. The normalized spacial score (nSPS) is 15.7. The number of benzene rings is 2. The van der Waals surface area contributed by atoms with Gasteiger partial charge in [0.1, 0.15) is 16.5 Å². The van der Waals surface area contributed by atoms with Crippen LogP contribution in [-0.4, -0.2) is 41.9 Å². The second kappa shape index (κ2) is 8.56. The number of sulfonamides is 1. The average Bonchev–Trinajstić information content (AvgIpc) is 3.26. The smallest absolute Gasteiger partial charge is 0.276 e.